The van der Waals surface area contributed by atoms with Gasteiger partial charge < -0.3 is 10.9 Å². The van der Waals surface area contributed by atoms with E-state index < -0.39 is 0 Å². The van der Waals surface area contributed by atoms with Gasteiger partial charge in [-0.15, -0.1) is 0 Å². The molecule has 0 saturated heterocycles. The van der Waals surface area contributed by atoms with Gasteiger partial charge in [-0.3, -0.25) is 4.79 Å². The van der Waals surface area contributed by atoms with Gasteiger partial charge in [0.2, 0.25) is 0 Å². The number of unbranched alkanes of at least 4 members (excludes halogenated alkanes) is 10. The Kier molecular flexibility index (Phi) is 33.5. The second-order valence-electron chi connectivity index (χ2n) is 5.66. The summed E-state index contributed by atoms with van der Waals surface area (Å²) < 4.78 is 9.72. The van der Waals surface area contributed by atoms with Crippen LogP contribution in [0.25, 0.3) is 0 Å². The van der Waals surface area contributed by atoms with Crippen LogP contribution >= 0.6 is 0 Å². The summed E-state index contributed by atoms with van der Waals surface area (Å²) in [5, 5.41) is 0. The van der Waals surface area contributed by atoms with Crippen molar-refractivity contribution < 1.29 is 45.3 Å². The number of hydrogen-bond donors (Lipinski definition) is 0. The van der Waals surface area contributed by atoms with Crippen LogP contribution in [0.1, 0.15) is 99.8 Å². The van der Waals surface area contributed by atoms with Crippen molar-refractivity contribution >= 4 is 5.97 Å². The fourth-order valence-electron chi connectivity index (χ4n) is 2.19. The first-order valence-electron chi connectivity index (χ1n) is 9.40. The fraction of sp³-hybridized carbons (Fsp3) is 0.947. The number of hydrogen-bond acceptors (Lipinski definition) is 3. The van der Waals surface area contributed by atoms with E-state index in [1.807, 2.05) is 13.8 Å². The summed E-state index contributed by atoms with van der Waals surface area (Å²) in [6.45, 7) is 10.0. The van der Waals surface area contributed by atoms with Crippen LogP contribution in [-0.4, -0.2) is 25.8 Å². The van der Waals surface area contributed by atoms with E-state index in [0.29, 0.717) is 6.61 Å². The first-order valence-corrected chi connectivity index (χ1v) is 9.40. The van der Waals surface area contributed by atoms with Crippen molar-refractivity contribution in [1.29, 1.82) is 0 Å². The van der Waals surface area contributed by atoms with Crippen LogP contribution in [0.2, 0.25) is 0 Å². The van der Waals surface area contributed by atoms with Gasteiger partial charge in [0.25, 0.3) is 0 Å². The Labute approximate surface area is 169 Å². The van der Waals surface area contributed by atoms with Crippen molar-refractivity contribution in [1.82, 2.24) is 0 Å². The normalized spacial score (nSPS) is 9.57. The number of ether oxygens (including phenoxy) is 2. The molecule has 0 unspecified atom stereocenters. The summed E-state index contributed by atoms with van der Waals surface area (Å²) in [5.41, 5.74) is 0. The van der Waals surface area contributed by atoms with Gasteiger partial charge in [0, 0.05) is 20.1 Å². The Morgan fingerprint density at radius 3 is 1.43 bits per heavy atom. The van der Waals surface area contributed by atoms with Crippen LogP contribution in [0.5, 0.6) is 0 Å². The molecule has 0 aliphatic rings. The van der Waals surface area contributed by atoms with Crippen molar-refractivity contribution in [3.05, 3.63) is 0 Å². The second kappa shape index (κ2) is 27.3. The predicted octanol–water partition coefficient (Wildman–Crippen LogP) is 3.02. The average molecular weight is 341 g/mol. The Bertz CT molecular complexity index is 215. The van der Waals surface area contributed by atoms with Crippen LogP contribution in [0.3, 0.4) is 0 Å². The smallest absolute Gasteiger partial charge is 1.00 e. The molecule has 0 aliphatic heterocycles. The number of carbonyl (C=O) groups excluding carboxylic acids is 1. The summed E-state index contributed by atoms with van der Waals surface area (Å²) in [5.74, 6) is -0.155. The van der Waals surface area contributed by atoms with Crippen LogP contribution in [0.15, 0.2) is 0 Å². The van der Waals surface area contributed by atoms with E-state index in [9.17, 15) is 4.79 Å². The quantitative estimate of drug-likeness (QED) is 0.277. The van der Waals surface area contributed by atoms with Gasteiger partial charge >= 0.3 is 35.5 Å². The average Bonchev–Trinajstić information content (AvgIpc) is 2.49. The van der Waals surface area contributed by atoms with Gasteiger partial charge in [-0.2, -0.15) is 0 Å². The maximum absolute atomic E-state index is 10.5. The van der Waals surface area contributed by atoms with Crippen molar-refractivity contribution in [2.45, 2.75) is 98.3 Å². The topological polar surface area (TPSA) is 35.5 Å². The molecule has 0 fully saturated rings. The van der Waals surface area contributed by atoms with Crippen molar-refractivity contribution in [3.8, 4) is 0 Å². The number of rotatable bonds is 14. The minimum Gasteiger partial charge on any atom is -1.00 e. The largest absolute Gasteiger partial charge is 1.00 e. The van der Waals surface area contributed by atoms with Crippen molar-refractivity contribution in [3.63, 3.8) is 0 Å². The van der Waals surface area contributed by atoms with Gasteiger partial charge in [0.05, 0.1) is 6.61 Å². The zero-order chi connectivity index (χ0) is 16.9. The molecule has 3 nitrogen and oxygen atoms in total. The summed E-state index contributed by atoms with van der Waals surface area (Å²) in [4.78, 5) is 10.5. The molecule has 23 heavy (non-hydrogen) atoms. The minimum absolute atomic E-state index is 0. The van der Waals surface area contributed by atoms with Gasteiger partial charge in [-0.25, -0.2) is 0 Å². The van der Waals surface area contributed by atoms with Crippen LogP contribution in [0, 0.1) is 0 Å². The molecule has 0 rings (SSSR count). The third kappa shape index (κ3) is 34.7. The van der Waals surface area contributed by atoms with Gasteiger partial charge in [0.15, 0.2) is 0 Å². The summed E-state index contributed by atoms with van der Waals surface area (Å²) >= 11 is 0. The number of carbonyl (C=O) groups is 1. The molecule has 0 heterocycles. The van der Waals surface area contributed by atoms with E-state index in [4.69, 9.17) is 9.47 Å². The van der Waals surface area contributed by atoms with E-state index in [1.165, 1.54) is 71.1 Å². The van der Waals surface area contributed by atoms with Gasteiger partial charge in [-0.05, 0) is 20.3 Å². The van der Waals surface area contributed by atoms with Crippen molar-refractivity contribution in [2.24, 2.45) is 0 Å². The van der Waals surface area contributed by atoms with Crippen LogP contribution < -0.4 is 29.6 Å². The molecule has 0 aromatic heterocycles. The fourth-order valence-corrected chi connectivity index (χ4v) is 2.19. The van der Waals surface area contributed by atoms with Gasteiger partial charge in [-0.1, -0.05) is 71.1 Å². The minimum atomic E-state index is -0.155. The molecule has 0 aromatic rings. The Morgan fingerprint density at radius 1 is 0.739 bits per heavy atom. The molecule has 136 valence electrons. The standard InChI is InChI=1S/C15H30O2.C4H10O.Na.H/c1-3-4-5-6-7-8-9-10-11-12-13-14-17-15(2)16;1-3-5-4-2;;/h3-14H2,1-2H3;3-4H2,1-2H3;;/q;;+1;-1. The van der Waals surface area contributed by atoms with Crippen molar-refractivity contribution in [2.75, 3.05) is 19.8 Å². The van der Waals surface area contributed by atoms with Crippen LogP contribution in [-0.2, 0) is 14.3 Å². The maximum atomic E-state index is 10.5. The molecular weight excluding hydrogens is 299 g/mol. The summed E-state index contributed by atoms with van der Waals surface area (Å²) in [6, 6.07) is 0. The van der Waals surface area contributed by atoms with E-state index in [0.717, 1.165) is 19.6 Å². The predicted molar refractivity (Wildman–Crippen MR) is 96.4 cm³/mol. The third-order valence-corrected chi connectivity index (χ3v) is 3.46. The summed E-state index contributed by atoms with van der Waals surface area (Å²) in [7, 11) is 0. The van der Waals surface area contributed by atoms with E-state index >= 15 is 0 Å². The molecule has 0 amide bonds. The van der Waals surface area contributed by atoms with E-state index in [1.54, 1.807) is 0 Å². The molecular formula is C19H41NaO3. The molecule has 0 atom stereocenters. The van der Waals surface area contributed by atoms with E-state index in [-0.39, 0.29) is 37.0 Å². The Balaban J connectivity index is -0.000000250. The second-order valence-corrected chi connectivity index (χ2v) is 5.66. The SMILES string of the molecule is CCCCCCCCCCCCCOC(C)=O.CCOCC.[H-].[Na+]. The molecule has 0 radical (unpaired) electrons. The maximum Gasteiger partial charge on any atom is 1.00 e. The molecule has 0 aromatic carbocycles. The zero-order valence-electron chi connectivity index (χ0n) is 17.6. The van der Waals surface area contributed by atoms with E-state index in [2.05, 4.69) is 6.92 Å². The van der Waals surface area contributed by atoms with Gasteiger partial charge in [0.1, 0.15) is 0 Å². The molecule has 0 spiro atoms. The molecule has 0 aliphatic carbocycles. The molecule has 0 saturated carbocycles. The monoisotopic (exact) mass is 340 g/mol. The zero-order valence-corrected chi connectivity index (χ0v) is 18.6. The Hall–Kier alpha value is 0.430. The molecule has 0 N–H and O–H groups in total. The number of esters is 1. The summed E-state index contributed by atoms with van der Waals surface area (Å²) in [6.07, 6.45) is 14.6. The third-order valence-electron chi connectivity index (χ3n) is 3.46. The first-order chi connectivity index (χ1) is 10.7. The Morgan fingerprint density at radius 2 is 1.13 bits per heavy atom. The first kappa shape index (κ1) is 28.2. The molecule has 4 heteroatoms. The molecule has 0 bridgehead atoms. The van der Waals surface area contributed by atoms with Crippen LogP contribution in [0.4, 0.5) is 0 Å².